The van der Waals surface area contributed by atoms with E-state index in [0.29, 0.717) is 11.4 Å². The maximum Gasteiger partial charge on any atom is 0.269 e. The predicted octanol–water partition coefficient (Wildman–Crippen LogP) is 4.99. The molecule has 3 aromatic rings. The van der Waals surface area contributed by atoms with Crippen molar-refractivity contribution in [1.82, 2.24) is 10.2 Å². The number of rotatable bonds is 6. The molecule has 5 rings (SSSR count). The number of fused-ring (bicyclic) bond motifs is 3. The Balaban J connectivity index is 1.41. The van der Waals surface area contributed by atoms with Gasteiger partial charge in [0.05, 0.1) is 22.9 Å². The summed E-state index contributed by atoms with van der Waals surface area (Å²) in [6.07, 6.45) is 0.473. The summed E-state index contributed by atoms with van der Waals surface area (Å²) in [6, 6.07) is 22.7. The van der Waals surface area contributed by atoms with Gasteiger partial charge in [0.1, 0.15) is 0 Å². The average Bonchev–Trinajstić information content (AvgIpc) is 2.89. The van der Waals surface area contributed by atoms with Gasteiger partial charge in [0.2, 0.25) is 5.91 Å². The van der Waals surface area contributed by atoms with Crippen molar-refractivity contribution in [1.29, 1.82) is 0 Å². The lowest BCUT2D eigenvalue weighted by Gasteiger charge is -2.49. The van der Waals surface area contributed by atoms with Crippen LogP contribution in [-0.2, 0) is 17.8 Å². The van der Waals surface area contributed by atoms with Crippen molar-refractivity contribution < 1.29 is 9.72 Å². The summed E-state index contributed by atoms with van der Waals surface area (Å²) in [5, 5.41) is 15.3. The number of hydrogen-bond donors (Lipinski definition) is 1. The highest BCUT2D eigenvalue weighted by atomic mass is 35.5. The average molecular weight is 505 g/mol. The molecule has 1 amide bonds. The van der Waals surface area contributed by atoms with Gasteiger partial charge in [0.25, 0.3) is 5.69 Å². The largest absolute Gasteiger partial charge is 0.365 e. The van der Waals surface area contributed by atoms with Crippen molar-refractivity contribution in [2.24, 2.45) is 5.92 Å². The Bertz CT molecular complexity index is 1250. The van der Waals surface area contributed by atoms with Gasteiger partial charge in [-0.25, -0.2) is 0 Å². The van der Waals surface area contributed by atoms with Crippen LogP contribution < -0.4 is 10.2 Å². The molecule has 2 aliphatic heterocycles. The maximum absolute atomic E-state index is 13.7. The van der Waals surface area contributed by atoms with Crippen LogP contribution in [0.3, 0.4) is 0 Å². The minimum absolute atomic E-state index is 0.0214. The van der Waals surface area contributed by atoms with E-state index in [4.69, 9.17) is 11.6 Å². The Kier molecular flexibility index (Phi) is 6.94. The number of benzene rings is 3. The first-order valence-electron chi connectivity index (χ1n) is 12.2. The third-order valence-corrected chi connectivity index (χ3v) is 7.56. The van der Waals surface area contributed by atoms with Crippen molar-refractivity contribution in [3.8, 4) is 0 Å². The number of carbonyl (C=O) groups excluding carboxylic acids is 1. The van der Waals surface area contributed by atoms with Crippen molar-refractivity contribution in [3.05, 3.63) is 105 Å². The van der Waals surface area contributed by atoms with E-state index in [1.807, 2.05) is 67.6 Å². The first kappa shape index (κ1) is 24.3. The minimum atomic E-state index is -0.372. The SMILES string of the molecule is CC(NC(=O)C1Cc2cc([N+](=O)[O-])ccc2N2CCN(Cc3ccc(Cl)cc3)CC12)c1ccccc1. The third kappa shape index (κ3) is 5.08. The molecule has 1 saturated heterocycles. The zero-order valence-electron chi connectivity index (χ0n) is 20.1. The van der Waals surface area contributed by atoms with Crippen molar-refractivity contribution in [2.75, 3.05) is 24.5 Å². The van der Waals surface area contributed by atoms with Gasteiger partial charge in [-0.15, -0.1) is 0 Å². The van der Waals surface area contributed by atoms with Gasteiger partial charge < -0.3 is 10.2 Å². The Morgan fingerprint density at radius 3 is 2.58 bits per heavy atom. The lowest BCUT2D eigenvalue weighted by atomic mass is 9.83. The number of nitro benzene ring substituents is 1. The van der Waals surface area contributed by atoms with Gasteiger partial charge in [-0.2, -0.15) is 0 Å². The van der Waals surface area contributed by atoms with E-state index in [9.17, 15) is 14.9 Å². The van der Waals surface area contributed by atoms with Gasteiger partial charge in [-0.3, -0.25) is 19.8 Å². The number of hydrogen-bond acceptors (Lipinski definition) is 5. The zero-order chi connectivity index (χ0) is 25.2. The van der Waals surface area contributed by atoms with Crippen LogP contribution in [0.25, 0.3) is 0 Å². The summed E-state index contributed by atoms with van der Waals surface area (Å²) in [7, 11) is 0. The number of non-ortho nitro benzene ring substituents is 1. The number of nitro groups is 1. The monoisotopic (exact) mass is 504 g/mol. The highest BCUT2D eigenvalue weighted by Crippen LogP contribution is 2.38. The predicted molar refractivity (Wildman–Crippen MR) is 141 cm³/mol. The topological polar surface area (TPSA) is 78.7 Å². The second-order valence-corrected chi connectivity index (χ2v) is 10.1. The molecule has 2 heterocycles. The molecule has 0 bridgehead atoms. The zero-order valence-corrected chi connectivity index (χ0v) is 20.9. The van der Waals surface area contributed by atoms with Crippen LogP contribution in [0, 0.1) is 16.0 Å². The number of nitrogens with zero attached hydrogens (tertiary/aromatic N) is 3. The van der Waals surface area contributed by atoms with E-state index in [0.717, 1.165) is 43.0 Å². The standard InChI is InChI=1S/C28H29ClN4O3/c1-19(21-5-3-2-4-6-21)30-28(34)25-16-22-15-24(33(35)36)11-12-26(22)32-14-13-31(18-27(25)32)17-20-7-9-23(29)10-8-20/h2-12,15,19,25,27H,13-14,16-18H2,1H3,(H,30,34). The fourth-order valence-electron chi connectivity index (χ4n) is 5.42. The fraction of sp³-hybridized carbons (Fsp3) is 0.321. The normalized spacial score (nSPS) is 20.2. The molecule has 0 aliphatic carbocycles. The number of halogens is 1. The first-order valence-corrected chi connectivity index (χ1v) is 12.6. The molecular weight excluding hydrogens is 476 g/mol. The molecule has 186 valence electrons. The number of amides is 1. The van der Waals surface area contributed by atoms with Crippen LogP contribution in [0.4, 0.5) is 11.4 Å². The molecular formula is C28H29ClN4O3. The molecule has 36 heavy (non-hydrogen) atoms. The molecule has 2 aliphatic rings. The Morgan fingerprint density at radius 1 is 1.11 bits per heavy atom. The Hall–Kier alpha value is -3.42. The van der Waals surface area contributed by atoms with E-state index in [1.165, 1.54) is 5.56 Å². The highest BCUT2D eigenvalue weighted by molar-refractivity contribution is 6.30. The summed E-state index contributed by atoms with van der Waals surface area (Å²) in [5.74, 6) is -0.342. The van der Waals surface area contributed by atoms with Gasteiger partial charge in [0, 0.05) is 49.0 Å². The Morgan fingerprint density at radius 2 is 1.86 bits per heavy atom. The molecule has 8 heteroatoms. The number of nitrogens with one attached hydrogen (secondary N) is 1. The van der Waals surface area contributed by atoms with Gasteiger partial charge in [0.15, 0.2) is 0 Å². The van der Waals surface area contributed by atoms with E-state index >= 15 is 0 Å². The molecule has 3 aromatic carbocycles. The molecule has 0 saturated carbocycles. The van der Waals surface area contributed by atoms with Crippen LogP contribution >= 0.6 is 11.6 Å². The molecule has 1 fully saturated rings. The first-order chi connectivity index (χ1) is 17.4. The fourth-order valence-corrected chi connectivity index (χ4v) is 5.55. The van der Waals surface area contributed by atoms with Crippen molar-refractivity contribution >= 4 is 28.9 Å². The molecule has 1 N–H and O–H groups in total. The number of anilines is 1. The molecule has 3 unspecified atom stereocenters. The summed E-state index contributed by atoms with van der Waals surface area (Å²) >= 11 is 6.06. The summed E-state index contributed by atoms with van der Waals surface area (Å²) in [6.45, 7) is 5.09. The van der Waals surface area contributed by atoms with E-state index in [-0.39, 0.29) is 34.5 Å². The maximum atomic E-state index is 13.7. The highest BCUT2D eigenvalue weighted by Gasteiger charge is 2.42. The minimum Gasteiger partial charge on any atom is -0.365 e. The van der Waals surface area contributed by atoms with Crippen LogP contribution in [0.5, 0.6) is 0 Å². The molecule has 0 aromatic heterocycles. The lowest BCUT2D eigenvalue weighted by molar-refractivity contribution is -0.384. The van der Waals surface area contributed by atoms with Crippen molar-refractivity contribution in [2.45, 2.75) is 32.0 Å². The molecule has 3 atom stereocenters. The van der Waals surface area contributed by atoms with E-state index < -0.39 is 0 Å². The quantitative estimate of drug-likeness (QED) is 0.378. The van der Waals surface area contributed by atoms with E-state index in [2.05, 4.69) is 15.1 Å². The van der Waals surface area contributed by atoms with Gasteiger partial charge >= 0.3 is 0 Å². The summed E-state index contributed by atoms with van der Waals surface area (Å²) in [5.41, 5.74) is 4.14. The van der Waals surface area contributed by atoms with Gasteiger partial charge in [-0.1, -0.05) is 54.1 Å². The van der Waals surface area contributed by atoms with Crippen LogP contribution in [0.2, 0.25) is 5.02 Å². The lowest BCUT2D eigenvalue weighted by Crippen LogP contribution is -2.61. The van der Waals surface area contributed by atoms with Crippen molar-refractivity contribution in [3.63, 3.8) is 0 Å². The Labute approximate surface area is 215 Å². The number of carbonyl (C=O) groups is 1. The molecule has 0 spiro atoms. The smallest absolute Gasteiger partial charge is 0.269 e. The number of piperazine rings is 1. The second kappa shape index (κ2) is 10.3. The molecule has 0 radical (unpaired) electrons. The second-order valence-electron chi connectivity index (χ2n) is 9.64. The van der Waals surface area contributed by atoms with Crippen LogP contribution in [-0.4, -0.2) is 41.4 Å². The third-order valence-electron chi connectivity index (χ3n) is 7.30. The van der Waals surface area contributed by atoms with Crippen LogP contribution in [0.1, 0.15) is 29.7 Å². The molecule has 7 nitrogen and oxygen atoms in total. The van der Waals surface area contributed by atoms with Crippen LogP contribution in [0.15, 0.2) is 72.8 Å². The van der Waals surface area contributed by atoms with E-state index in [1.54, 1.807) is 12.1 Å². The summed E-state index contributed by atoms with van der Waals surface area (Å²) < 4.78 is 0. The summed E-state index contributed by atoms with van der Waals surface area (Å²) in [4.78, 5) is 29.4. The van der Waals surface area contributed by atoms with Gasteiger partial charge in [-0.05, 0) is 48.2 Å².